The first kappa shape index (κ1) is 12.3. The fraction of sp³-hybridized carbons (Fsp3) is 1.00. The molecule has 3 unspecified atom stereocenters. The molecular weight excluding hydrogens is 228 g/mol. The van der Waals surface area contributed by atoms with E-state index in [9.17, 15) is 0 Å². The zero-order valence-electron chi connectivity index (χ0n) is 11.0. The molecule has 0 aromatic heterocycles. The van der Waals surface area contributed by atoms with Crippen LogP contribution in [-0.4, -0.2) is 47.6 Å². The van der Waals surface area contributed by atoms with E-state index in [2.05, 4.69) is 28.9 Å². The van der Waals surface area contributed by atoms with E-state index in [0.717, 1.165) is 23.3 Å². The van der Waals surface area contributed by atoms with Crippen molar-refractivity contribution in [3.05, 3.63) is 0 Å². The molecule has 0 radical (unpaired) electrons. The number of rotatable bonds is 4. The third kappa shape index (κ3) is 3.18. The van der Waals surface area contributed by atoms with E-state index in [1.165, 1.54) is 57.5 Å². The lowest BCUT2D eigenvalue weighted by molar-refractivity contribution is 0.154. The fourth-order valence-corrected chi connectivity index (χ4v) is 4.64. The maximum Gasteiger partial charge on any atom is 0.0199 e. The van der Waals surface area contributed by atoms with E-state index in [-0.39, 0.29) is 0 Å². The van der Waals surface area contributed by atoms with Gasteiger partial charge in [0.1, 0.15) is 0 Å². The molecule has 0 aromatic carbocycles. The molecule has 0 bridgehead atoms. The van der Waals surface area contributed by atoms with Gasteiger partial charge in [-0.2, -0.15) is 11.8 Å². The second-order valence-electron chi connectivity index (χ2n) is 6.17. The van der Waals surface area contributed by atoms with Gasteiger partial charge < -0.3 is 5.32 Å². The molecule has 1 N–H and O–H groups in total. The Morgan fingerprint density at radius 1 is 1.24 bits per heavy atom. The summed E-state index contributed by atoms with van der Waals surface area (Å²) in [5.74, 6) is 2.31. The second-order valence-corrected chi connectivity index (χ2v) is 7.65. The molecule has 3 atom stereocenters. The number of piperidine rings is 1. The Morgan fingerprint density at radius 2 is 2.12 bits per heavy atom. The summed E-state index contributed by atoms with van der Waals surface area (Å²) in [5, 5.41) is 4.46. The molecule has 1 aliphatic carbocycles. The minimum absolute atomic E-state index is 0.893. The fourth-order valence-electron chi connectivity index (χ4n) is 3.41. The number of hydrogen-bond acceptors (Lipinski definition) is 3. The predicted molar refractivity (Wildman–Crippen MR) is 75.6 cm³/mol. The van der Waals surface area contributed by atoms with Crippen molar-refractivity contribution < 1.29 is 0 Å². The highest BCUT2D eigenvalue weighted by molar-refractivity contribution is 8.00. The SMILES string of the molecule is CC1CC(N(CC2CCCNC2)C2CC2)CS1. The maximum absolute atomic E-state index is 3.57. The summed E-state index contributed by atoms with van der Waals surface area (Å²) in [6, 6.07) is 1.84. The normalized spacial score (nSPS) is 38.8. The molecule has 3 rings (SSSR count). The van der Waals surface area contributed by atoms with Gasteiger partial charge in [-0.1, -0.05) is 6.92 Å². The number of hydrogen-bond donors (Lipinski definition) is 1. The van der Waals surface area contributed by atoms with Crippen LogP contribution in [0.15, 0.2) is 0 Å². The predicted octanol–water partition coefficient (Wildman–Crippen LogP) is 2.34. The van der Waals surface area contributed by atoms with Crippen molar-refractivity contribution in [1.82, 2.24) is 10.2 Å². The van der Waals surface area contributed by atoms with E-state index >= 15 is 0 Å². The maximum atomic E-state index is 3.57. The van der Waals surface area contributed by atoms with Crippen molar-refractivity contribution >= 4 is 11.8 Å². The molecule has 3 fully saturated rings. The van der Waals surface area contributed by atoms with Gasteiger partial charge in [-0.05, 0) is 51.1 Å². The van der Waals surface area contributed by atoms with Gasteiger partial charge in [0.15, 0.2) is 0 Å². The lowest BCUT2D eigenvalue weighted by Crippen LogP contribution is -2.44. The van der Waals surface area contributed by atoms with Gasteiger partial charge in [0, 0.05) is 29.6 Å². The van der Waals surface area contributed by atoms with Crippen LogP contribution in [0.2, 0.25) is 0 Å². The lowest BCUT2D eigenvalue weighted by atomic mass is 9.98. The van der Waals surface area contributed by atoms with Gasteiger partial charge in [-0.25, -0.2) is 0 Å². The molecular formula is C14H26N2S. The van der Waals surface area contributed by atoms with Crippen LogP contribution in [-0.2, 0) is 0 Å². The molecule has 0 spiro atoms. The quantitative estimate of drug-likeness (QED) is 0.829. The Balaban J connectivity index is 1.56. The summed E-state index contributed by atoms with van der Waals surface area (Å²) in [5.41, 5.74) is 0. The van der Waals surface area contributed by atoms with Crippen LogP contribution < -0.4 is 5.32 Å². The molecule has 2 nitrogen and oxygen atoms in total. The average Bonchev–Trinajstić information content (AvgIpc) is 3.10. The van der Waals surface area contributed by atoms with Crippen LogP contribution in [0.1, 0.15) is 39.0 Å². The molecule has 98 valence electrons. The Labute approximate surface area is 110 Å². The van der Waals surface area contributed by atoms with Crippen LogP contribution in [0.4, 0.5) is 0 Å². The topological polar surface area (TPSA) is 15.3 Å². The van der Waals surface area contributed by atoms with Crippen LogP contribution in [0.5, 0.6) is 0 Å². The van der Waals surface area contributed by atoms with E-state index in [1.807, 2.05) is 0 Å². The zero-order chi connectivity index (χ0) is 11.7. The smallest absolute Gasteiger partial charge is 0.0199 e. The minimum atomic E-state index is 0.893. The highest BCUT2D eigenvalue weighted by atomic mass is 32.2. The number of nitrogens with one attached hydrogen (secondary N) is 1. The van der Waals surface area contributed by atoms with Crippen molar-refractivity contribution in [1.29, 1.82) is 0 Å². The molecule has 2 heterocycles. The molecule has 1 saturated carbocycles. The standard InChI is InChI=1S/C14H26N2S/c1-11-7-14(10-17-11)16(13-4-5-13)9-12-3-2-6-15-8-12/h11-15H,2-10H2,1H3. The minimum Gasteiger partial charge on any atom is -0.316 e. The average molecular weight is 254 g/mol. The van der Waals surface area contributed by atoms with E-state index < -0.39 is 0 Å². The molecule has 3 aliphatic rings. The van der Waals surface area contributed by atoms with Crippen molar-refractivity contribution in [2.75, 3.05) is 25.4 Å². The Hall–Kier alpha value is 0.270. The monoisotopic (exact) mass is 254 g/mol. The van der Waals surface area contributed by atoms with E-state index in [0.29, 0.717) is 0 Å². The van der Waals surface area contributed by atoms with E-state index in [4.69, 9.17) is 0 Å². The van der Waals surface area contributed by atoms with Gasteiger partial charge in [-0.15, -0.1) is 0 Å². The highest BCUT2D eigenvalue weighted by Gasteiger charge is 2.38. The van der Waals surface area contributed by atoms with Crippen molar-refractivity contribution in [3.63, 3.8) is 0 Å². The molecule has 2 aliphatic heterocycles. The first-order valence-corrected chi connectivity index (χ1v) is 8.46. The largest absolute Gasteiger partial charge is 0.316 e. The van der Waals surface area contributed by atoms with Gasteiger partial charge >= 0.3 is 0 Å². The third-order valence-corrected chi connectivity index (χ3v) is 5.87. The summed E-state index contributed by atoms with van der Waals surface area (Å²) in [6.07, 6.45) is 7.21. The van der Waals surface area contributed by atoms with E-state index in [1.54, 1.807) is 0 Å². The summed E-state index contributed by atoms with van der Waals surface area (Å²) >= 11 is 2.18. The molecule has 2 saturated heterocycles. The first-order valence-electron chi connectivity index (χ1n) is 7.41. The summed E-state index contributed by atoms with van der Waals surface area (Å²) in [7, 11) is 0. The van der Waals surface area contributed by atoms with Gasteiger partial charge in [0.25, 0.3) is 0 Å². The molecule has 17 heavy (non-hydrogen) atoms. The van der Waals surface area contributed by atoms with Crippen molar-refractivity contribution in [2.24, 2.45) is 5.92 Å². The Bertz CT molecular complexity index is 249. The lowest BCUT2D eigenvalue weighted by Gasteiger charge is -2.34. The molecule has 0 aromatic rings. The van der Waals surface area contributed by atoms with Gasteiger partial charge in [0.05, 0.1) is 0 Å². The summed E-state index contributed by atoms with van der Waals surface area (Å²) in [4.78, 5) is 2.88. The number of nitrogens with zero attached hydrogens (tertiary/aromatic N) is 1. The summed E-state index contributed by atoms with van der Waals surface area (Å²) in [6.45, 7) is 6.28. The van der Waals surface area contributed by atoms with Crippen LogP contribution >= 0.6 is 11.8 Å². The van der Waals surface area contributed by atoms with Crippen LogP contribution in [0, 0.1) is 5.92 Å². The second kappa shape index (κ2) is 5.50. The zero-order valence-corrected chi connectivity index (χ0v) is 11.8. The first-order chi connectivity index (χ1) is 8.33. The Kier molecular flexibility index (Phi) is 3.98. The van der Waals surface area contributed by atoms with Crippen LogP contribution in [0.3, 0.4) is 0 Å². The number of thioether (sulfide) groups is 1. The van der Waals surface area contributed by atoms with Crippen molar-refractivity contribution in [3.8, 4) is 0 Å². The van der Waals surface area contributed by atoms with Crippen LogP contribution in [0.25, 0.3) is 0 Å². The highest BCUT2D eigenvalue weighted by Crippen LogP contribution is 2.37. The molecule has 3 heteroatoms. The molecule has 0 amide bonds. The van der Waals surface area contributed by atoms with Crippen molar-refractivity contribution in [2.45, 2.75) is 56.4 Å². The Morgan fingerprint density at radius 3 is 2.71 bits per heavy atom. The summed E-state index contributed by atoms with van der Waals surface area (Å²) < 4.78 is 0. The van der Waals surface area contributed by atoms with Gasteiger partial charge in [-0.3, -0.25) is 4.90 Å². The third-order valence-electron chi connectivity index (χ3n) is 4.53. The van der Waals surface area contributed by atoms with Gasteiger partial charge in [0.2, 0.25) is 0 Å².